The molecular weight excluding hydrogens is 256 g/mol. The maximum atomic E-state index is 12.6. The van der Waals surface area contributed by atoms with Crippen molar-refractivity contribution in [3.63, 3.8) is 0 Å². The van der Waals surface area contributed by atoms with E-state index in [1.807, 2.05) is 0 Å². The van der Waals surface area contributed by atoms with Crippen LogP contribution in [0.3, 0.4) is 0 Å². The first-order valence-corrected chi connectivity index (χ1v) is 5.66. The van der Waals surface area contributed by atoms with Gasteiger partial charge in [-0.3, -0.25) is 0 Å². The maximum Gasteiger partial charge on any atom is 0.284 e. The summed E-state index contributed by atoms with van der Waals surface area (Å²) in [6, 6.07) is 2.35. The maximum absolute atomic E-state index is 12.6. The third-order valence-electron chi connectivity index (χ3n) is 1.80. The predicted octanol–water partition coefficient (Wildman–Crippen LogP) is 0.547. The molecule has 17 heavy (non-hydrogen) atoms. The van der Waals surface area contributed by atoms with Gasteiger partial charge in [0.15, 0.2) is 5.03 Å². The van der Waals surface area contributed by atoms with Gasteiger partial charge < -0.3 is 4.74 Å². The molecule has 1 aromatic rings. The normalized spacial score (nSPS) is 11.3. The first-order chi connectivity index (χ1) is 7.81. The summed E-state index contributed by atoms with van der Waals surface area (Å²) >= 11 is 0. The van der Waals surface area contributed by atoms with Crippen LogP contribution >= 0.6 is 0 Å². The van der Waals surface area contributed by atoms with Crippen molar-refractivity contribution >= 4 is 10.0 Å². The van der Waals surface area contributed by atoms with Crippen molar-refractivity contribution in [3.8, 4) is 11.8 Å². The summed E-state index contributed by atoms with van der Waals surface area (Å²) in [6.07, 6.45) is -3.04. The molecule has 0 amide bonds. The van der Waals surface area contributed by atoms with Gasteiger partial charge in [0, 0.05) is 6.07 Å². The molecule has 0 bridgehead atoms. The van der Waals surface area contributed by atoms with Crippen molar-refractivity contribution in [2.45, 2.75) is 11.5 Å². The van der Waals surface area contributed by atoms with Crippen molar-refractivity contribution in [2.75, 3.05) is 7.11 Å². The molecular formula is C8H7F2N3O3S. The number of ether oxygens (including phenoxy) is 1. The van der Waals surface area contributed by atoms with E-state index in [2.05, 4.69) is 9.72 Å². The van der Waals surface area contributed by atoms with Crippen LogP contribution in [0.5, 0.6) is 5.75 Å². The van der Waals surface area contributed by atoms with E-state index in [1.54, 1.807) is 0 Å². The molecule has 1 aromatic heterocycles. The number of halogens is 2. The number of rotatable bonds is 3. The Bertz CT molecular complexity index is 580. The van der Waals surface area contributed by atoms with Gasteiger partial charge in [-0.1, -0.05) is 0 Å². The zero-order valence-corrected chi connectivity index (χ0v) is 9.33. The number of nitrogens with two attached hydrogens (primary N) is 1. The van der Waals surface area contributed by atoms with Crippen molar-refractivity contribution in [2.24, 2.45) is 5.14 Å². The highest BCUT2D eigenvalue weighted by atomic mass is 32.2. The van der Waals surface area contributed by atoms with E-state index in [1.165, 1.54) is 6.07 Å². The Balaban J connectivity index is 3.64. The molecule has 92 valence electrons. The summed E-state index contributed by atoms with van der Waals surface area (Å²) in [4.78, 5) is 3.17. The highest BCUT2D eigenvalue weighted by Gasteiger charge is 2.24. The van der Waals surface area contributed by atoms with Crippen LogP contribution < -0.4 is 9.88 Å². The molecule has 0 aliphatic heterocycles. The molecule has 0 radical (unpaired) electrons. The smallest absolute Gasteiger partial charge is 0.284 e. The minimum atomic E-state index is -4.35. The highest BCUT2D eigenvalue weighted by Crippen LogP contribution is 2.29. The van der Waals surface area contributed by atoms with E-state index in [-0.39, 0.29) is 5.75 Å². The number of nitrogens with zero attached hydrogens (tertiary/aromatic N) is 2. The molecule has 0 aliphatic rings. The minimum absolute atomic E-state index is 0.371. The van der Waals surface area contributed by atoms with E-state index in [4.69, 9.17) is 10.4 Å². The van der Waals surface area contributed by atoms with Gasteiger partial charge in [0.25, 0.3) is 16.4 Å². The summed E-state index contributed by atoms with van der Waals surface area (Å²) in [5.74, 6) is -0.371. The Morgan fingerprint density at radius 2 is 2.18 bits per heavy atom. The van der Waals surface area contributed by atoms with Crippen molar-refractivity contribution < 1.29 is 21.9 Å². The van der Waals surface area contributed by atoms with Crippen LogP contribution in [0.25, 0.3) is 0 Å². The third kappa shape index (κ3) is 2.66. The zero-order chi connectivity index (χ0) is 13.2. The molecule has 0 aromatic carbocycles. The number of hydrogen-bond donors (Lipinski definition) is 1. The van der Waals surface area contributed by atoms with Crippen LogP contribution in [0.4, 0.5) is 8.78 Å². The monoisotopic (exact) mass is 263 g/mol. The predicted molar refractivity (Wildman–Crippen MR) is 51.8 cm³/mol. The van der Waals surface area contributed by atoms with Crippen molar-refractivity contribution in [1.29, 1.82) is 5.26 Å². The van der Waals surface area contributed by atoms with Gasteiger partial charge in [-0.2, -0.15) is 5.26 Å². The van der Waals surface area contributed by atoms with Gasteiger partial charge in [0.2, 0.25) is 0 Å². The molecule has 1 rings (SSSR count). The molecule has 2 N–H and O–H groups in total. The SMILES string of the molecule is COc1cc(C#N)c(S(N)(=O)=O)nc1C(F)F. The lowest BCUT2D eigenvalue weighted by Crippen LogP contribution is -2.17. The van der Waals surface area contributed by atoms with Gasteiger partial charge in [-0.15, -0.1) is 0 Å². The number of nitriles is 1. The second-order valence-electron chi connectivity index (χ2n) is 2.89. The Morgan fingerprint density at radius 3 is 2.53 bits per heavy atom. The van der Waals surface area contributed by atoms with Gasteiger partial charge in [0.1, 0.15) is 17.5 Å². The topological polar surface area (TPSA) is 106 Å². The molecule has 0 saturated carbocycles. The van der Waals surface area contributed by atoms with E-state index < -0.39 is 32.7 Å². The first kappa shape index (κ1) is 13.3. The van der Waals surface area contributed by atoms with Crippen LogP contribution in [0, 0.1) is 11.3 Å². The van der Waals surface area contributed by atoms with Crippen LogP contribution in [0.1, 0.15) is 17.7 Å². The summed E-state index contributed by atoms with van der Waals surface area (Å²) in [7, 11) is -3.25. The second-order valence-corrected chi connectivity index (χ2v) is 4.36. The Labute approximate surface area is 95.7 Å². The van der Waals surface area contributed by atoms with Crippen LogP contribution in [0.2, 0.25) is 0 Å². The minimum Gasteiger partial charge on any atom is -0.495 e. The van der Waals surface area contributed by atoms with Crippen LogP contribution in [-0.2, 0) is 10.0 Å². The lowest BCUT2D eigenvalue weighted by atomic mass is 10.2. The molecule has 0 spiro atoms. The van der Waals surface area contributed by atoms with E-state index >= 15 is 0 Å². The van der Waals surface area contributed by atoms with Crippen LogP contribution in [-0.4, -0.2) is 20.5 Å². The van der Waals surface area contributed by atoms with E-state index in [0.717, 1.165) is 13.2 Å². The molecule has 1 heterocycles. The lowest BCUT2D eigenvalue weighted by Gasteiger charge is -2.09. The Morgan fingerprint density at radius 1 is 1.59 bits per heavy atom. The molecule has 0 fully saturated rings. The number of aromatic nitrogens is 1. The number of hydrogen-bond acceptors (Lipinski definition) is 5. The number of pyridine rings is 1. The number of methoxy groups -OCH3 is 1. The standard InChI is InChI=1S/C8H7F2N3O3S/c1-16-5-2-4(3-11)8(17(12,14)15)13-6(5)7(9)10/h2,7H,1H3,(H2,12,14,15). The average Bonchev–Trinajstić information content (AvgIpc) is 2.25. The molecule has 0 unspecified atom stereocenters. The second kappa shape index (κ2) is 4.60. The van der Waals surface area contributed by atoms with Gasteiger partial charge >= 0.3 is 0 Å². The fourth-order valence-electron chi connectivity index (χ4n) is 1.11. The van der Waals surface area contributed by atoms with Crippen molar-refractivity contribution in [3.05, 3.63) is 17.3 Å². The largest absolute Gasteiger partial charge is 0.495 e. The van der Waals surface area contributed by atoms with Gasteiger partial charge in [0.05, 0.1) is 12.7 Å². The zero-order valence-electron chi connectivity index (χ0n) is 8.52. The summed E-state index contributed by atoms with van der Waals surface area (Å²) in [5, 5.41) is 12.6. The Kier molecular flexibility index (Phi) is 3.59. The number of sulfonamides is 1. The molecule has 6 nitrogen and oxygen atoms in total. The molecule has 0 atom stereocenters. The Hall–Kier alpha value is -1.79. The van der Waals surface area contributed by atoms with Gasteiger partial charge in [-0.25, -0.2) is 27.3 Å². The molecule has 0 saturated heterocycles. The number of primary sulfonamides is 1. The lowest BCUT2D eigenvalue weighted by molar-refractivity contribution is 0.140. The number of alkyl halides is 2. The average molecular weight is 263 g/mol. The quantitative estimate of drug-likeness (QED) is 0.856. The highest BCUT2D eigenvalue weighted by molar-refractivity contribution is 7.89. The van der Waals surface area contributed by atoms with Crippen LogP contribution in [0.15, 0.2) is 11.1 Å². The molecule has 9 heteroatoms. The molecule has 0 aliphatic carbocycles. The summed E-state index contributed by atoms with van der Waals surface area (Å²) in [5.41, 5.74) is -1.33. The first-order valence-electron chi connectivity index (χ1n) is 4.11. The third-order valence-corrected chi connectivity index (χ3v) is 2.65. The van der Waals surface area contributed by atoms with Crippen molar-refractivity contribution in [1.82, 2.24) is 4.98 Å². The van der Waals surface area contributed by atoms with E-state index in [9.17, 15) is 17.2 Å². The van der Waals surface area contributed by atoms with E-state index in [0.29, 0.717) is 0 Å². The fourth-order valence-corrected chi connectivity index (χ4v) is 1.74. The summed E-state index contributed by atoms with van der Waals surface area (Å²) in [6.45, 7) is 0. The summed E-state index contributed by atoms with van der Waals surface area (Å²) < 4.78 is 51.8. The van der Waals surface area contributed by atoms with Gasteiger partial charge in [-0.05, 0) is 0 Å². The fraction of sp³-hybridized carbons (Fsp3) is 0.250.